The maximum absolute atomic E-state index is 5.91. The van der Waals surface area contributed by atoms with Crippen molar-refractivity contribution in [3.05, 3.63) is 36.9 Å². The number of imidazole rings is 1. The molecule has 1 unspecified atom stereocenters. The first-order valence-electron chi connectivity index (χ1n) is 6.82. The molecule has 0 saturated carbocycles. The van der Waals surface area contributed by atoms with Gasteiger partial charge in [-0.2, -0.15) is 0 Å². The summed E-state index contributed by atoms with van der Waals surface area (Å²) < 4.78 is 7.73. The number of ether oxygens (including phenoxy) is 1. The number of nitrogens with zero attached hydrogens (tertiary/aromatic N) is 2. The third kappa shape index (κ3) is 4.19. The van der Waals surface area contributed by atoms with E-state index in [9.17, 15) is 0 Å². The third-order valence-corrected chi connectivity index (χ3v) is 2.76. The summed E-state index contributed by atoms with van der Waals surface area (Å²) in [6.07, 6.45) is 5.67. The molecule has 2 rings (SSSR count). The minimum atomic E-state index is 0.132. The maximum atomic E-state index is 5.91. The van der Waals surface area contributed by atoms with E-state index in [0.29, 0.717) is 5.69 Å². The molecule has 1 atom stereocenters. The van der Waals surface area contributed by atoms with Gasteiger partial charge >= 0.3 is 0 Å². The van der Waals surface area contributed by atoms with Gasteiger partial charge in [-0.3, -0.25) is 0 Å². The lowest BCUT2D eigenvalue weighted by molar-refractivity contribution is 0.242. The number of aromatic nitrogens is 2. The van der Waals surface area contributed by atoms with Gasteiger partial charge < -0.3 is 20.4 Å². The SMILES string of the molecule is CC(Cn1ccnc1)Nc1cc(N)cc(OC(C)C)c1. The molecule has 5 heteroatoms. The monoisotopic (exact) mass is 274 g/mol. The molecule has 0 aliphatic rings. The Kier molecular flexibility index (Phi) is 4.50. The molecule has 5 nitrogen and oxygen atoms in total. The number of benzene rings is 1. The molecule has 0 saturated heterocycles. The lowest BCUT2D eigenvalue weighted by Gasteiger charge is -2.18. The van der Waals surface area contributed by atoms with Gasteiger partial charge in [-0.1, -0.05) is 0 Å². The van der Waals surface area contributed by atoms with E-state index in [4.69, 9.17) is 10.5 Å². The van der Waals surface area contributed by atoms with E-state index in [2.05, 4.69) is 17.2 Å². The molecule has 0 aliphatic carbocycles. The quantitative estimate of drug-likeness (QED) is 0.795. The van der Waals surface area contributed by atoms with E-state index in [0.717, 1.165) is 18.0 Å². The van der Waals surface area contributed by atoms with Crippen molar-refractivity contribution in [1.29, 1.82) is 0 Å². The Hall–Kier alpha value is -2.17. The molecule has 108 valence electrons. The highest BCUT2D eigenvalue weighted by Crippen LogP contribution is 2.24. The minimum Gasteiger partial charge on any atom is -0.491 e. The van der Waals surface area contributed by atoms with Gasteiger partial charge in [0.05, 0.1) is 12.4 Å². The van der Waals surface area contributed by atoms with Gasteiger partial charge in [0.2, 0.25) is 0 Å². The summed E-state index contributed by atoms with van der Waals surface area (Å²) in [7, 11) is 0. The van der Waals surface area contributed by atoms with Crippen LogP contribution in [0.25, 0.3) is 0 Å². The lowest BCUT2D eigenvalue weighted by atomic mass is 10.2. The van der Waals surface area contributed by atoms with Crippen molar-refractivity contribution < 1.29 is 4.74 Å². The molecule has 1 aromatic carbocycles. The second-order valence-electron chi connectivity index (χ2n) is 5.26. The predicted octanol–water partition coefficient (Wildman–Crippen LogP) is 2.75. The number of nitrogen functional groups attached to an aromatic ring is 1. The van der Waals surface area contributed by atoms with Crippen LogP contribution in [0, 0.1) is 0 Å². The van der Waals surface area contributed by atoms with E-state index >= 15 is 0 Å². The van der Waals surface area contributed by atoms with Gasteiger partial charge in [0, 0.05) is 48.5 Å². The molecule has 0 spiro atoms. The Balaban J connectivity index is 2.02. The van der Waals surface area contributed by atoms with Crippen molar-refractivity contribution in [3.8, 4) is 5.75 Å². The number of rotatable bonds is 6. The van der Waals surface area contributed by atoms with Crippen LogP contribution in [0.3, 0.4) is 0 Å². The van der Waals surface area contributed by atoms with Crippen LogP contribution in [0.1, 0.15) is 20.8 Å². The summed E-state index contributed by atoms with van der Waals surface area (Å²) in [5.41, 5.74) is 7.57. The van der Waals surface area contributed by atoms with Gasteiger partial charge in [-0.25, -0.2) is 4.98 Å². The van der Waals surface area contributed by atoms with Gasteiger partial charge in [0.15, 0.2) is 0 Å². The molecule has 2 aromatic rings. The fraction of sp³-hybridized carbons (Fsp3) is 0.400. The average molecular weight is 274 g/mol. The van der Waals surface area contributed by atoms with E-state index in [1.54, 1.807) is 6.20 Å². The standard InChI is InChI=1S/C15H22N4O/c1-11(2)20-15-7-13(16)6-14(8-15)18-12(3)9-19-5-4-17-10-19/h4-8,10-12,18H,9,16H2,1-3H3. The Morgan fingerprint density at radius 1 is 1.30 bits per heavy atom. The van der Waals surface area contributed by atoms with Crippen LogP contribution in [0.2, 0.25) is 0 Å². The molecule has 3 N–H and O–H groups in total. The van der Waals surface area contributed by atoms with E-state index in [1.165, 1.54) is 0 Å². The van der Waals surface area contributed by atoms with E-state index in [-0.39, 0.29) is 12.1 Å². The van der Waals surface area contributed by atoms with Crippen molar-refractivity contribution >= 4 is 11.4 Å². The largest absolute Gasteiger partial charge is 0.491 e. The van der Waals surface area contributed by atoms with E-state index in [1.807, 2.05) is 49.1 Å². The molecule has 1 aromatic heterocycles. The maximum Gasteiger partial charge on any atom is 0.123 e. The Bertz CT molecular complexity index is 537. The third-order valence-electron chi connectivity index (χ3n) is 2.76. The highest BCUT2D eigenvalue weighted by Gasteiger charge is 2.06. The smallest absolute Gasteiger partial charge is 0.123 e. The number of hydrogen-bond donors (Lipinski definition) is 2. The molecule has 1 heterocycles. The van der Waals surface area contributed by atoms with E-state index < -0.39 is 0 Å². The van der Waals surface area contributed by atoms with Gasteiger partial charge in [0.25, 0.3) is 0 Å². The molecule has 0 fully saturated rings. The predicted molar refractivity (Wildman–Crippen MR) is 81.9 cm³/mol. The molecular weight excluding hydrogens is 252 g/mol. The van der Waals surface area contributed by atoms with Crippen LogP contribution in [-0.4, -0.2) is 21.7 Å². The van der Waals surface area contributed by atoms with Crippen LogP contribution in [-0.2, 0) is 6.54 Å². The first kappa shape index (κ1) is 14.2. The second kappa shape index (κ2) is 6.32. The van der Waals surface area contributed by atoms with Crippen LogP contribution in [0.15, 0.2) is 36.9 Å². The highest BCUT2D eigenvalue weighted by atomic mass is 16.5. The second-order valence-corrected chi connectivity index (χ2v) is 5.26. The summed E-state index contributed by atoms with van der Waals surface area (Å²) in [5, 5.41) is 3.43. The number of anilines is 2. The van der Waals surface area contributed by atoms with Gasteiger partial charge in [-0.05, 0) is 26.8 Å². The Morgan fingerprint density at radius 3 is 2.75 bits per heavy atom. The number of nitrogens with two attached hydrogens (primary N) is 1. The lowest BCUT2D eigenvalue weighted by Crippen LogP contribution is -2.21. The fourth-order valence-electron chi connectivity index (χ4n) is 2.09. The van der Waals surface area contributed by atoms with Crippen LogP contribution >= 0.6 is 0 Å². The summed E-state index contributed by atoms with van der Waals surface area (Å²) in [6, 6.07) is 5.99. The van der Waals surface area contributed by atoms with Crippen LogP contribution in [0.5, 0.6) is 5.75 Å². The zero-order chi connectivity index (χ0) is 14.5. The fourth-order valence-corrected chi connectivity index (χ4v) is 2.09. The summed E-state index contributed by atoms with van der Waals surface area (Å²) in [4.78, 5) is 4.04. The Labute approximate surface area is 119 Å². The van der Waals surface area contributed by atoms with Crippen molar-refractivity contribution in [3.63, 3.8) is 0 Å². The van der Waals surface area contributed by atoms with Crippen molar-refractivity contribution in [1.82, 2.24) is 9.55 Å². The minimum absolute atomic E-state index is 0.132. The summed E-state index contributed by atoms with van der Waals surface area (Å²) in [6.45, 7) is 6.96. The number of nitrogens with one attached hydrogen (secondary N) is 1. The van der Waals surface area contributed by atoms with Gasteiger partial charge in [0.1, 0.15) is 5.75 Å². The normalized spacial score (nSPS) is 12.4. The molecular formula is C15H22N4O. The zero-order valence-electron chi connectivity index (χ0n) is 12.2. The molecule has 0 aliphatic heterocycles. The highest BCUT2D eigenvalue weighted by molar-refractivity contribution is 5.59. The van der Waals surface area contributed by atoms with Crippen molar-refractivity contribution in [2.45, 2.75) is 39.5 Å². The number of hydrogen-bond acceptors (Lipinski definition) is 4. The topological polar surface area (TPSA) is 65.1 Å². The average Bonchev–Trinajstić information content (AvgIpc) is 2.79. The first-order valence-corrected chi connectivity index (χ1v) is 6.82. The molecule has 0 amide bonds. The van der Waals surface area contributed by atoms with Crippen molar-refractivity contribution in [2.24, 2.45) is 0 Å². The van der Waals surface area contributed by atoms with Crippen LogP contribution in [0.4, 0.5) is 11.4 Å². The van der Waals surface area contributed by atoms with Crippen molar-refractivity contribution in [2.75, 3.05) is 11.1 Å². The molecule has 20 heavy (non-hydrogen) atoms. The molecule has 0 radical (unpaired) electrons. The van der Waals surface area contributed by atoms with Gasteiger partial charge in [-0.15, -0.1) is 0 Å². The Morgan fingerprint density at radius 2 is 2.10 bits per heavy atom. The summed E-state index contributed by atoms with van der Waals surface area (Å²) >= 11 is 0. The van der Waals surface area contributed by atoms with Crippen LogP contribution < -0.4 is 15.8 Å². The summed E-state index contributed by atoms with van der Waals surface area (Å²) in [5.74, 6) is 0.789. The first-order chi connectivity index (χ1) is 9.52. The molecule has 0 bridgehead atoms. The zero-order valence-corrected chi connectivity index (χ0v) is 12.2.